The first-order chi connectivity index (χ1) is 8.88. The summed E-state index contributed by atoms with van der Waals surface area (Å²) in [5.74, 6) is 1.15. The monoisotopic (exact) mass is 262 g/mol. The molecular weight excluding hydrogens is 244 g/mol. The van der Waals surface area contributed by atoms with Gasteiger partial charge in [-0.25, -0.2) is 9.97 Å². The van der Waals surface area contributed by atoms with E-state index < -0.39 is 6.04 Å². The van der Waals surface area contributed by atoms with Gasteiger partial charge in [-0.2, -0.15) is 0 Å². The Bertz CT molecular complexity index is 527. The van der Waals surface area contributed by atoms with E-state index in [0.29, 0.717) is 5.82 Å². The summed E-state index contributed by atoms with van der Waals surface area (Å²) in [4.78, 5) is 33.2. The van der Waals surface area contributed by atoms with Crippen molar-refractivity contribution in [2.24, 2.45) is 0 Å². The molecule has 1 fully saturated rings. The van der Waals surface area contributed by atoms with Crippen molar-refractivity contribution in [3.05, 3.63) is 17.6 Å². The van der Waals surface area contributed by atoms with Crippen LogP contribution < -0.4 is 5.32 Å². The summed E-state index contributed by atoms with van der Waals surface area (Å²) in [5, 5.41) is 3.02. The van der Waals surface area contributed by atoms with Crippen LogP contribution in [0.3, 0.4) is 0 Å². The zero-order chi connectivity index (χ0) is 14.2. The van der Waals surface area contributed by atoms with E-state index >= 15 is 0 Å². The fourth-order valence-corrected chi connectivity index (χ4v) is 1.97. The molecule has 1 unspecified atom stereocenters. The molecule has 0 radical (unpaired) electrons. The van der Waals surface area contributed by atoms with Crippen LogP contribution in [0.4, 0.5) is 5.82 Å². The maximum absolute atomic E-state index is 11.8. The van der Waals surface area contributed by atoms with Gasteiger partial charge >= 0.3 is 0 Å². The summed E-state index contributed by atoms with van der Waals surface area (Å²) in [6.07, 6.45) is 0.176. The Kier molecular flexibility index (Phi) is 3.50. The molecule has 0 spiro atoms. The van der Waals surface area contributed by atoms with Crippen molar-refractivity contribution in [3.63, 3.8) is 0 Å². The van der Waals surface area contributed by atoms with Crippen molar-refractivity contribution in [3.8, 4) is 0 Å². The largest absolute Gasteiger partial charge is 0.358 e. The summed E-state index contributed by atoms with van der Waals surface area (Å²) < 4.78 is 0. The fraction of sp³-hybridized carbons (Fsp3) is 0.538. The van der Waals surface area contributed by atoms with Gasteiger partial charge in [-0.1, -0.05) is 13.8 Å². The number of carbonyl (C=O) groups is 2. The maximum atomic E-state index is 11.8. The SMILES string of the molecule is Cc1cc(NC2CC(=O)N(C)C2=O)nc(C(C)C)n1. The highest BCUT2D eigenvalue weighted by atomic mass is 16.2. The average Bonchev–Trinajstić information content (AvgIpc) is 2.56. The van der Waals surface area contributed by atoms with E-state index in [0.717, 1.165) is 16.4 Å². The molecule has 1 aromatic rings. The lowest BCUT2D eigenvalue weighted by molar-refractivity contribution is -0.136. The van der Waals surface area contributed by atoms with Gasteiger partial charge in [-0.3, -0.25) is 14.5 Å². The van der Waals surface area contributed by atoms with Gasteiger partial charge in [0.2, 0.25) is 5.91 Å². The summed E-state index contributed by atoms with van der Waals surface area (Å²) in [6, 6.07) is 1.26. The lowest BCUT2D eigenvalue weighted by Crippen LogP contribution is -2.32. The molecule has 1 aromatic heterocycles. The topological polar surface area (TPSA) is 75.2 Å². The van der Waals surface area contributed by atoms with Crippen molar-refractivity contribution >= 4 is 17.6 Å². The third-order valence-corrected chi connectivity index (χ3v) is 3.09. The Labute approximate surface area is 112 Å². The third-order valence-electron chi connectivity index (χ3n) is 3.09. The van der Waals surface area contributed by atoms with E-state index in [1.807, 2.05) is 20.8 Å². The Morgan fingerprint density at radius 2 is 2.05 bits per heavy atom. The minimum Gasteiger partial charge on any atom is -0.358 e. The normalized spacial score (nSPS) is 19.4. The maximum Gasteiger partial charge on any atom is 0.251 e. The Balaban J connectivity index is 2.20. The lowest BCUT2D eigenvalue weighted by atomic mass is 10.2. The second-order valence-corrected chi connectivity index (χ2v) is 5.10. The van der Waals surface area contributed by atoms with Crippen molar-refractivity contribution in [2.75, 3.05) is 12.4 Å². The number of imide groups is 1. The first-order valence-electron chi connectivity index (χ1n) is 6.31. The van der Waals surface area contributed by atoms with Crippen LogP contribution in [-0.2, 0) is 9.59 Å². The number of likely N-dealkylation sites (tertiary alicyclic amines) is 1. The fourth-order valence-electron chi connectivity index (χ4n) is 1.97. The van der Waals surface area contributed by atoms with Crippen LogP contribution in [0.25, 0.3) is 0 Å². The van der Waals surface area contributed by atoms with E-state index in [1.165, 1.54) is 7.05 Å². The van der Waals surface area contributed by atoms with Gasteiger partial charge in [-0.05, 0) is 6.92 Å². The summed E-state index contributed by atoms with van der Waals surface area (Å²) >= 11 is 0. The van der Waals surface area contributed by atoms with E-state index in [4.69, 9.17) is 0 Å². The quantitative estimate of drug-likeness (QED) is 0.825. The van der Waals surface area contributed by atoms with Crippen molar-refractivity contribution in [2.45, 2.75) is 39.2 Å². The number of nitrogens with zero attached hydrogens (tertiary/aromatic N) is 3. The van der Waals surface area contributed by atoms with Crippen LogP contribution in [0, 0.1) is 6.92 Å². The molecule has 6 nitrogen and oxygen atoms in total. The first kappa shape index (κ1) is 13.5. The Hall–Kier alpha value is -1.98. The van der Waals surface area contributed by atoms with E-state index in [1.54, 1.807) is 6.07 Å². The third kappa shape index (κ3) is 2.72. The Morgan fingerprint density at radius 3 is 2.58 bits per heavy atom. The molecular formula is C13H18N4O2. The zero-order valence-electron chi connectivity index (χ0n) is 11.6. The number of hydrogen-bond acceptors (Lipinski definition) is 5. The molecule has 1 aliphatic heterocycles. The molecule has 1 N–H and O–H groups in total. The van der Waals surface area contributed by atoms with Crippen LogP contribution in [0.15, 0.2) is 6.07 Å². The first-order valence-corrected chi connectivity index (χ1v) is 6.31. The highest BCUT2D eigenvalue weighted by Crippen LogP contribution is 2.18. The number of rotatable bonds is 3. The Morgan fingerprint density at radius 1 is 1.37 bits per heavy atom. The average molecular weight is 262 g/mol. The molecule has 2 rings (SSSR count). The summed E-state index contributed by atoms with van der Waals surface area (Å²) in [6.45, 7) is 5.90. The molecule has 0 saturated carbocycles. The van der Waals surface area contributed by atoms with Crippen LogP contribution in [0.2, 0.25) is 0 Å². The molecule has 1 atom stereocenters. The number of nitrogens with one attached hydrogen (secondary N) is 1. The minimum absolute atomic E-state index is 0.169. The second-order valence-electron chi connectivity index (χ2n) is 5.10. The zero-order valence-corrected chi connectivity index (χ0v) is 11.6. The predicted octanol–water partition coefficient (Wildman–Crippen LogP) is 1.08. The van der Waals surface area contributed by atoms with Crippen LogP contribution in [0.1, 0.15) is 37.7 Å². The molecule has 1 saturated heterocycles. The van der Waals surface area contributed by atoms with E-state index in [9.17, 15) is 9.59 Å². The number of hydrogen-bond donors (Lipinski definition) is 1. The number of anilines is 1. The molecule has 0 aliphatic carbocycles. The van der Waals surface area contributed by atoms with Crippen LogP contribution >= 0.6 is 0 Å². The molecule has 1 aliphatic rings. The molecule has 2 amide bonds. The van der Waals surface area contributed by atoms with Crippen molar-refractivity contribution in [1.82, 2.24) is 14.9 Å². The molecule has 2 heterocycles. The summed E-state index contributed by atoms with van der Waals surface area (Å²) in [5.41, 5.74) is 0.839. The van der Waals surface area contributed by atoms with Crippen LogP contribution in [-0.4, -0.2) is 39.8 Å². The van der Waals surface area contributed by atoms with E-state index in [-0.39, 0.29) is 24.2 Å². The van der Waals surface area contributed by atoms with Crippen LogP contribution in [0.5, 0.6) is 0 Å². The van der Waals surface area contributed by atoms with Gasteiger partial charge in [0.25, 0.3) is 5.91 Å². The second kappa shape index (κ2) is 4.95. The lowest BCUT2D eigenvalue weighted by Gasteiger charge is -2.13. The molecule has 6 heteroatoms. The van der Waals surface area contributed by atoms with Gasteiger partial charge in [0.1, 0.15) is 17.7 Å². The van der Waals surface area contributed by atoms with Gasteiger partial charge in [0, 0.05) is 24.7 Å². The molecule has 0 aromatic carbocycles. The number of amides is 2. The molecule has 19 heavy (non-hydrogen) atoms. The molecule has 0 bridgehead atoms. The minimum atomic E-state index is -0.521. The van der Waals surface area contributed by atoms with E-state index in [2.05, 4.69) is 15.3 Å². The number of likely N-dealkylation sites (N-methyl/N-ethyl adjacent to an activating group) is 1. The van der Waals surface area contributed by atoms with Gasteiger partial charge < -0.3 is 5.32 Å². The van der Waals surface area contributed by atoms with Gasteiger partial charge in [0.15, 0.2) is 0 Å². The number of aromatic nitrogens is 2. The number of carbonyl (C=O) groups excluding carboxylic acids is 2. The smallest absolute Gasteiger partial charge is 0.251 e. The molecule has 102 valence electrons. The highest BCUT2D eigenvalue weighted by Gasteiger charge is 2.36. The highest BCUT2D eigenvalue weighted by molar-refractivity contribution is 6.06. The standard InChI is InChI=1S/C13H18N4O2/c1-7(2)12-14-8(3)5-10(16-12)15-9-6-11(18)17(4)13(9)19/h5,7,9H,6H2,1-4H3,(H,14,15,16). The number of aryl methyl sites for hydroxylation is 1. The summed E-state index contributed by atoms with van der Waals surface area (Å²) in [7, 11) is 1.50. The van der Waals surface area contributed by atoms with Gasteiger partial charge in [-0.15, -0.1) is 0 Å². The predicted molar refractivity (Wildman–Crippen MR) is 70.7 cm³/mol. The van der Waals surface area contributed by atoms with Crippen molar-refractivity contribution < 1.29 is 9.59 Å². The van der Waals surface area contributed by atoms with Gasteiger partial charge in [0.05, 0.1) is 6.42 Å². The van der Waals surface area contributed by atoms with Crippen molar-refractivity contribution in [1.29, 1.82) is 0 Å².